The van der Waals surface area contributed by atoms with E-state index < -0.39 is 0 Å². The van der Waals surface area contributed by atoms with Gasteiger partial charge in [-0.3, -0.25) is 15.1 Å². The van der Waals surface area contributed by atoms with E-state index in [-0.39, 0.29) is 23.8 Å². The van der Waals surface area contributed by atoms with E-state index in [0.29, 0.717) is 29.8 Å². The van der Waals surface area contributed by atoms with E-state index in [0.717, 1.165) is 31.6 Å². The van der Waals surface area contributed by atoms with E-state index in [2.05, 4.69) is 40.6 Å². The summed E-state index contributed by atoms with van der Waals surface area (Å²) < 4.78 is 0. The SMILES string of the molecule is CCC1NNC(C(=O)N2C[C@H](c3cccc(O)c3)[C@H]3[C@@H]2C2CCN3CC2)C1C. The van der Waals surface area contributed by atoms with Crippen LogP contribution in [0.2, 0.25) is 0 Å². The van der Waals surface area contributed by atoms with Crippen LogP contribution in [0.1, 0.15) is 44.6 Å². The maximum atomic E-state index is 13.7. The molecule has 28 heavy (non-hydrogen) atoms. The first kappa shape index (κ1) is 18.4. The van der Waals surface area contributed by atoms with Crippen LogP contribution < -0.4 is 10.9 Å². The van der Waals surface area contributed by atoms with Crippen molar-refractivity contribution >= 4 is 5.91 Å². The molecular formula is C22H32N4O2. The van der Waals surface area contributed by atoms with Crippen molar-refractivity contribution in [2.45, 2.75) is 63.2 Å². The molecule has 1 aromatic carbocycles. The average molecular weight is 385 g/mol. The van der Waals surface area contributed by atoms with Gasteiger partial charge < -0.3 is 10.0 Å². The van der Waals surface area contributed by atoms with E-state index in [1.54, 1.807) is 6.07 Å². The van der Waals surface area contributed by atoms with E-state index in [1.165, 1.54) is 12.8 Å². The number of hydrazine groups is 1. The maximum Gasteiger partial charge on any atom is 0.241 e. The minimum absolute atomic E-state index is 0.149. The number of nitrogens with zero attached hydrogens (tertiary/aromatic N) is 2. The number of carbonyl (C=O) groups is 1. The van der Waals surface area contributed by atoms with E-state index in [1.807, 2.05) is 12.1 Å². The van der Waals surface area contributed by atoms with Crippen LogP contribution in [0.4, 0.5) is 0 Å². The Labute approximate surface area is 167 Å². The molecule has 0 radical (unpaired) electrons. The number of benzene rings is 1. The number of fused-ring (bicyclic) bond motifs is 2. The Morgan fingerprint density at radius 2 is 2.00 bits per heavy atom. The third-order valence-electron chi connectivity index (χ3n) is 7.87. The van der Waals surface area contributed by atoms with Crippen molar-refractivity contribution in [2.24, 2.45) is 11.8 Å². The van der Waals surface area contributed by atoms with Crippen molar-refractivity contribution in [3.8, 4) is 5.75 Å². The highest BCUT2D eigenvalue weighted by Gasteiger charge is 2.56. The van der Waals surface area contributed by atoms with E-state index >= 15 is 0 Å². The minimum Gasteiger partial charge on any atom is -0.508 e. The van der Waals surface area contributed by atoms with Crippen LogP contribution in [0, 0.1) is 11.8 Å². The Hall–Kier alpha value is -1.63. The molecule has 5 saturated heterocycles. The second-order valence-electron chi connectivity index (χ2n) is 9.19. The number of hydrogen-bond donors (Lipinski definition) is 3. The third kappa shape index (κ3) is 2.77. The van der Waals surface area contributed by atoms with Gasteiger partial charge in [0.2, 0.25) is 5.91 Å². The normalized spacial score (nSPS) is 42.0. The fourth-order valence-electron chi connectivity index (χ4n) is 6.35. The first-order valence-corrected chi connectivity index (χ1v) is 10.9. The molecule has 152 valence electrons. The van der Waals surface area contributed by atoms with Gasteiger partial charge in [-0.2, -0.15) is 0 Å². The molecule has 0 aliphatic carbocycles. The van der Waals surface area contributed by atoms with Gasteiger partial charge in [-0.15, -0.1) is 0 Å². The number of aromatic hydroxyl groups is 1. The van der Waals surface area contributed by atoms with Gasteiger partial charge in [0.05, 0.1) is 6.04 Å². The van der Waals surface area contributed by atoms with Crippen LogP contribution in [0.15, 0.2) is 24.3 Å². The van der Waals surface area contributed by atoms with Crippen LogP contribution in [-0.2, 0) is 4.79 Å². The second kappa shape index (κ2) is 7.01. The number of nitrogens with one attached hydrogen (secondary N) is 2. The van der Waals surface area contributed by atoms with Crippen molar-refractivity contribution in [3.05, 3.63) is 29.8 Å². The fourth-order valence-corrected chi connectivity index (χ4v) is 6.35. The van der Waals surface area contributed by atoms with Gasteiger partial charge >= 0.3 is 0 Å². The Balaban J connectivity index is 1.46. The van der Waals surface area contributed by atoms with Gasteiger partial charge in [-0.1, -0.05) is 26.0 Å². The summed E-state index contributed by atoms with van der Waals surface area (Å²) in [7, 11) is 0. The van der Waals surface area contributed by atoms with Crippen molar-refractivity contribution in [1.82, 2.24) is 20.7 Å². The van der Waals surface area contributed by atoms with Gasteiger partial charge in [-0.25, -0.2) is 5.43 Å². The molecule has 6 nitrogen and oxygen atoms in total. The standard InChI is InChI=1S/C22H32N4O2/c1-3-18-13(2)19(24-23-18)22(28)26-12-17(15-5-4-6-16(27)11-15)21-20(26)14-7-9-25(21)10-8-14/h4-6,11,13-14,17-21,23-24,27H,3,7-10,12H2,1-2H3/t13?,17-,18?,19?,20+,21+/m1/s1. The molecular weight excluding hydrogens is 352 g/mol. The van der Waals surface area contributed by atoms with Crippen LogP contribution >= 0.6 is 0 Å². The second-order valence-corrected chi connectivity index (χ2v) is 9.19. The smallest absolute Gasteiger partial charge is 0.241 e. The molecule has 3 N–H and O–H groups in total. The average Bonchev–Trinajstić information content (AvgIpc) is 3.31. The van der Waals surface area contributed by atoms with E-state index in [4.69, 9.17) is 0 Å². The lowest BCUT2D eigenvalue weighted by molar-refractivity contribution is -0.138. The Kier molecular flexibility index (Phi) is 4.61. The summed E-state index contributed by atoms with van der Waals surface area (Å²) in [6.07, 6.45) is 3.41. The lowest BCUT2D eigenvalue weighted by Crippen LogP contribution is -2.62. The van der Waals surface area contributed by atoms with Crippen LogP contribution in [0.3, 0.4) is 0 Å². The molecule has 5 heterocycles. The van der Waals surface area contributed by atoms with Crippen LogP contribution in [-0.4, -0.2) is 64.6 Å². The number of phenols is 1. The molecule has 2 bridgehead atoms. The van der Waals surface area contributed by atoms with E-state index in [9.17, 15) is 9.90 Å². The quantitative estimate of drug-likeness (QED) is 0.740. The number of hydrogen-bond acceptors (Lipinski definition) is 5. The molecule has 6 rings (SSSR count). The van der Waals surface area contributed by atoms with Crippen molar-refractivity contribution < 1.29 is 9.90 Å². The van der Waals surface area contributed by atoms with Gasteiger partial charge in [0.15, 0.2) is 0 Å². The fraction of sp³-hybridized carbons (Fsp3) is 0.682. The largest absolute Gasteiger partial charge is 0.508 e. The van der Waals surface area contributed by atoms with Crippen molar-refractivity contribution in [2.75, 3.05) is 19.6 Å². The molecule has 0 saturated carbocycles. The molecule has 5 aliphatic heterocycles. The summed E-state index contributed by atoms with van der Waals surface area (Å²) in [6.45, 7) is 7.38. The lowest BCUT2D eigenvalue weighted by Gasteiger charge is -2.51. The predicted molar refractivity (Wildman–Crippen MR) is 108 cm³/mol. The molecule has 0 aromatic heterocycles. The zero-order chi connectivity index (χ0) is 19.4. The molecule has 1 amide bonds. The first-order chi connectivity index (χ1) is 13.6. The topological polar surface area (TPSA) is 67.8 Å². The van der Waals surface area contributed by atoms with Gasteiger partial charge in [0.25, 0.3) is 0 Å². The summed E-state index contributed by atoms with van der Waals surface area (Å²) in [5.41, 5.74) is 7.78. The summed E-state index contributed by atoms with van der Waals surface area (Å²) >= 11 is 0. The number of piperidine rings is 3. The number of phenolic OH excluding ortho intramolecular Hbond substituents is 1. The molecule has 5 aliphatic rings. The first-order valence-electron chi connectivity index (χ1n) is 10.9. The number of rotatable bonds is 3. The third-order valence-corrected chi connectivity index (χ3v) is 7.87. The minimum atomic E-state index is -0.149. The molecule has 3 unspecified atom stereocenters. The molecule has 5 fully saturated rings. The van der Waals surface area contributed by atoms with Gasteiger partial charge in [-0.05, 0) is 61.9 Å². The highest BCUT2D eigenvalue weighted by molar-refractivity contribution is 5.83. The summed E-state index contributed by atoms with van der Waals surface area (Å²) in [5.74, 6) is 1.73. The monoisotopic (exact) mass is 384 g/mol. The van der Waals surface area contributed by atoms with Gasteiger partial charge in [0, 0.05) is 24.5 Å². The molecule has 6 heteroatoms. The maximum absolute atomic E-state index is 13.7. The Morgan fingerprint density at radius 3 is 2.68 bits per heavy atom. The Morgan fingerprint density at radius 1 is 1.21 bits per heavy atom. The van der Waals surface area contributed by atoms with Gasteiger partial charge in [0.1, 0.15) is 11.8 Å². The zero-order valence-corrected chi connectivity index (χ0v) is 16.8. The van der Waals surface area contributed by atoms with Crippen molar-refractivity contribution in [1.29, 1.82) is 0 Å². The number of amides is 1. The van der Waals surface area contributed by atoms with Crippen LogP contribution in [0.25, 0.3) is 0 Å². The number of carbonyl (C=O) groups excluding carboxylic acids is 1. The Bertz CT molecular complexity index is 748. The summed E-state index contributed by atoms with van der Waals surface area (Å²) in [5, 5.41) is 10.0. The van der Waals surface area contributed by atoms with Crippen molar-refractivity contribution in [3.63, 3.8) is 0 Å². The predicted octanol–water partition coefficient (Wildman–Crippen LogP) is 1.67. The molecule has 1 aromatic rings. The molecule has 0 spiro atoms. The summed E-state index contributed by atoms with van der Waals surface area (Å²) in [4.78, 5) is 18.5. The summed E-state index contributed by atoms with van der Waals surface area (Å²) in [6, 6.07) is 8.55. The number of likely N-dealkylation sites (tertiary alicyclic amines) is 1. The molecule has 6 atom stereocenters. The highest BCUT2D eigenvalue weighted by atomic mass is 16.3. The zero-order valence-electron chi connectivity index (χ0n) is 16.8. The lowest BCUT2D eigenvalue weighted by atomic mass is 9.75. The van der Waals surface area contributed by atoms with Crippen LogP contribution in [0.5, 0.6) is 5.75 Å². The highest BCUT2D eigenvalue weighted by Crippen LogP contribution is 2.47.